The molecule has 0 aliphatic carbocycles. The number of aromatic nitrogens is 1. The summed E-state index contributed by atoms with van der Waals surface area (Å²) in [5, 5.41) is 20.1. The highest BCUT2D eigenvalue weighted by Gasteiger charge is 2.36. The number of anilines is 1. The summed E-state index contributed by atoms with van der Waals surface area (Å²) in [4.78, 5) is 26.7. The minimum absolute atomic E-state index is 0.119. The van der Waals surface area contributed by atoms with Crippen molar-refractivity contribution in [3.05, 3.63) is 40.3 Å². The topological polar surface area (TPSA) is 96.6 Å². The second-order valence-electron chi connectivity index (χ2n) is 4.82. The summed E-state index contributed by atoms with van der Waals surface area (Å²) in [6.07, 6.45) is 1.42. The highest BCUT2D eigenvalue weighted by Crippen LogP contribution is 2.37. The number of non-ortho nitro benzene ring substituents is 1. The highest BCUT2D eigenvalue weighted by molar-refractivity contribution is 5.98. The number of hydrogen-bond acceptors (Lipinski definition) is 5. The predicted octanol–water partition coefficient (Wildman–Crippen LogP) is 1.80. The molecule has 1 aromatic heterocycles. The standard InChI is InChI=1S/C13H10FN3O4/c14-9-4-10(17(20)21)8-2-1-3-15-11(8)12(9)16-5-7(6-16)13(18)19/h1-4,7H,5-6H2,(H,18,19). The third-order valence-electron chi connectivity index (χ3n) is 3.54. The van der Waals surface area contributed by atoms with Crippen molar-refractivity contribution in [2.45, 2.75) is 0 Å². The summed E-state index contributed by atoms with van der Waals surface area (Å²) in [6.45, 7) is 0.325. The van der Waals surface area contributed by atoms with E-state index in [2.05, 4.69) is 4.98 Å². The van der Waals surface area contributed by atoms with E-state index in [4.69, 9.17) is 5.11 Å². The predicted molar refractivity (Wildman–Crippen MR) is 71.7 cm³/mol. The van der Waals surface area contributed by atoms with Gasteiger partial charge in [0, 0.05) is 19.3 Å². The summed E-state index contributed by atoms with van der Waals surface area (Å²) in [6, 6.07) is 3.89. The van der Waals surface area contributed by atoms with Gasteiger partial charge < -0.3 is 10.0 Å². The number of pyridine rings is 1. The fraction of sp³-hybridized carbons (Fsp3) is 0.231. The van der Waals surface area contributed by atoms with Crippen molar-refractivity contribution in [2.75, 3.05) is 18.0 Å². The third-order valence-corrected chi connectivity index (χ3v) is 3.54. The van der Waals surface area contributed by atoms with Crippen molar-refractivity contribution in [2.24, 2.45) is 5.92 Å². The van der Waals surface area contributed by atoms with Gasteiger partial charge in [-0.15, -0.1) is 0 Å². The van der Waals surface area contributed by atoms with E-state index < -0.39 is 22.6 Å². The number of benzene rings is 1. The highest BCUT2D eigenvalue weighted by atomic mass is 19.1. The van der Waals surface area contributed by atoms with Crippen molar-refractivity contribution < 1.29 is 19.2 Å². The van der Waals surface area contributed by atoms with Crippen molar-refractivity contribution in [3.63, 3.8) is 0 Å². The lowest BCUT2D eigenvalue weighted by Crippen LogP contribution is -2.50. The molecule has 0 amide bonds. The second-order valence-corrected chi connectivity index (χ2v) is 4.82. The quantitative estimate of drug-likeness (QED) is 0.684. The first-order valence-electron chi connectivity index (χ1n) is 6.18. The largest absolute Gasteiger partial charge is 0.481 e. The summed E-state index contributed by atoms with van der Waals surface area (Å²) >= 11 is 0. The maximum absolute atomic E-state index is 14.2. The first-order chi connectivity index (χ1) is 9.99. The fourth-order valence-corrected chi connectivity index (χ4v) is 2.45. The Kier molecular flexibility index (Phi) is 2.93. The lowest BCUT2D eigenvalue weighted by atomic mass is 9.98. The van der Waals surface area contributed by atoms with E-state index >= 15 is 0 Å². The molecule has 1 fully saturated rings. The fourth-order valence-electron chi connectivity index (χ4n) is 2.45. The van der Waals surface area contributed by atoms with Gasteiger partial charge in [-0.1, -0.05) is 0 Å². The van der Waals surface area contributed by atoms with Crippen LogP contribution in [0.3, 0.4) is 0 Å². The summed E-state index contributed by atoms with van der Waals surface area (Å²) in [7, 11) is 0. The molecule has 1 aliphatic rings. The van der Waals surface area contributed by atoms with Crippen molar-refractivity contribution >= 4 is 28.2 Å². The molecule has 0 spiro atoms. The molecule has 0 saturated carbocycles. The lowest BCUT2D eigenvalue weighted by Gasteiger charge is -2.38. The maximum atomic E-state index is 14.2. The minimum atomic E-state index is -0.939. The van der Waals surface area contributed by atoms with Crippen LogP contribution >= 0.6 is 0 Å². The van der Waals surface area contributed by atoms with E-state index in [0.717, 1.165) is 6.07 Å². The van der Waals surface area contributed by atoms with Crippen LogP contribution in [0.4, 0.5) is 15.8 Å². The van der Waals surface area contributed by atoms with Gasteiger partial charge in [-0.3, -0.25) is 19.9 Å². The zero-order valence-corrected chi connectivity index (χ0v) is 10.7. The van der Waals surface area contributed by atoms with Crippen LogP contribution < -0.4 is 4.90 Å². The zero-order valence-electron chi connectivity index (χ0n) is 10.7. The number of aliphatic carboxylic acids is 1. The van der Waals surface area contributed by atoms with Gasteiger partial charge in [-0.25, -0.2) is 4.39 Å². The van der Waals surface area contributed by atoms with Gasteiger partial charge in [0.25, 0.3) is 5.69 Å². The smallest absolute Gasteiger partial charge is 0.310 e. The lowest BCUT2D eigenvalue weighted by molar-refractivity contribution is -0.383. The molecule has 1 aromatic carbocycles. The average Bonchev–Trinajstić information content (AvgIpc) is 2.38. The minimum Gasteiger partial charge on any atom is -0.481 e. The Bertz CT molecular complexity index is 758. The van der Waals surface area contributed by atoms with Gasteiger partial charge in [0.05, 0.1) is 22.3 Å². The Balaban J connectivity index is 2.12. The van der Waals surface area contributed by atoms with Crippen LogP contribution in [0.1, 0.15) is 0 Å². The van der Waals surface area contributed by atoms with E-state index in [-0.39, 0.29) is 35.4 Å². The van der Waals surface area contributed by atoms with E-state index in [0.29, 0.717) is 0 Å². The first-order valence-corrected chi connectivity index (χ1v) is 6.18. The number of fused-ring (bicyclic) bond motifs is 1. The molecule has 21 heavy (non-hydrogen) atoms. The number of carboxylic acids is 1. The molecule has 0 bridgehead atoms. The molecular formula is C13H10FN3O4. The van der Waals surface area contributed by atoms with E-state index in [9.17, 15) is 19.3 Å². The van der Waals surface area contributed by atoms with E-state index in [1.807, 2.05) is 0 Å². The number of carbonyl (C=O) groups is 1. The molecule has 1 N–H and O–H groups in total. The molecule has 2 heterocycles. The number of nitro groups is 1. The van der Waals surface area contributed by atoms with Gasteiger partial charge >= 0.3 is 5.97 Å². The molecule has 0 unspecified atom stereocenters. The number of carboxylic acid groups (broad SMARTS) is 1. The molecule has 0 atom stereocenters. The molecule has 108 valence electrons. The van der Waals surface area contributed by atoms with Crippen LogP contribution in [0.2, 0.25) is 0 Å². The van der Waals surface area contributed by atoms with Crippen LogP contribution in [0.5, 0.6) is 0 Å². The Labute approximate surface area is 117 Å². The number of rotatable bonds is 3. The van der Waals surface area contributed by atoms with Gasteiger partial charge in [-0.05, 0) is 12.1 Å². The third kappa shape index (κ3) is 2.04. The normalized spacial score (nSPS) is 15.0. The molecule has 1 saturated heterocycles. The van der Waals surface area contributed by atoms with Crippen LogP contribution in [0.25, 0.3) is 10.9 Å². The SMILES string of the molecule is O=C(O)C1CN(c2c(F)cc([N+](=O)[O-])c3cccnc23)C1. The summed E-state index contributed by atoms with van der Waals surface area (Å²) < 4.78 is 14.2. The van der Waals surface area contributed by atoms with E-state index in [1.54, 1.807) is 0 Å². The number of hydrogen-bond donors (Lipinski definition) is 1. The summed E-state index contributed by atoms with van der Waals surface area (Å²) in [5.41, 5.74) is -0.0589. The zero-order chi connectivity index (χ0) is 15.1. The van der Waals surface area contributed by atoms with Crippen molar-refractivity contribution in [3.8, 4) is 0 Å². The molecule has 3 rings (SSSR count). The second kappa shape index (κ2) is 4.65. The molecule has 1 aliphatic heterocycles. The van der Waals surface area contributed by atoms with Crippen molar-refractivity contribution in [1.29, 1.82) is 0 Å². The average molecular weight is 291 g/mol. The van der Waals surface area contributed by atoms with Gasteiger partial charge in [0.2, 0.25) is 0 Å². The molecule has 2 aromatic rings. The Morgan fingerprint density at radius 2 is 2.24 bits per heavy atom. The molecule has 8 heteroatoms. The van der Waals surface area contributed by atoms with Crippen LogP contribution in [-0.4, -0.2) is 34.1 Å². The summed E-state index contributed by atoms with van der Waals surface area (Å²) in [5.74, 6) is -2.26. The Morgan fingerprint density at radius 3 is 2.86 bits per heavy atom. The molecular weight excluding hydrogens is 281 g/mol. The Hall–Kier alpha value is -2.77. The van der Waals surface area contributed by atoms with Crippen molar-refractivity contribution in [1.82, 2.24) is 4.98 Å². The van der Waals surface area contributed by atoms with Crippen LogP contribution in [-0.2, 0) is 4.79 Å². The van der Waals surface area contributed by atoms with Crippen LogP contribution in [0, 0.1) is 21.8 Å². The van der Waals surface area contributed by atoms with Crippen LogP contribution in [0.15, 0.2) is 24.4 Å². The first kappa shape index (κ1) is 13.2. The Morgan fingerprint density at radius 1 is 1.52 bits per heavy atom. The number of nitro benzene ring substituents is 1. The molecule has 7 nitrogen and oxygen atoms in total. The molecule has 0 radical (unpaired) electrons. The van der Waals surface area contributed by atoms with Gasteiger partial charge in [0.1, 0.15) is 11.2 Å². The maximum Gasteiger partial charge on any atom is 0.310 e. The number of halogens is 1. The van der Waals surface area contributed by atoms with E-state index in [1.165, 1.54) is 23.2 Å². The van der Waals surface area contributed by atoms with Gasteiger partial charge in [-0.2, -0.15) is 0 Å². The monoisotopic (exact) mass is 291 g/mol. The van der Waals surface area contributed by atoms with Gasteiger partial charge in [0.15, 0.2) is 5.82 Å². The number of nitrogens with zero attached hydrogens (tertiary/aromatic N) is 3.